The summed E-state index contributed by atoms with van der Waals surface area (Å²) >= 11 is 0. The van der Waals surface area contributed by atoms with Crippen LogP contribution >= 0.6 is 0 Å². The average molecular weight is 303 g/mol. The van der Waals surface area contributed by atoms with Gasteiger partial charge in [0.25, 0.3) is 0 Å². The van der Waals surface area contributed by atoms with Crippen LogP contribution < -0.4 is 5.32 Å². The number of nitrogens with zero attached hydrogens (tertiary/aromatic N) is 2. The van der Waals surface area contributed by atoms with E-state index < -0.39 is 17.9 Å². The van der Waals surface area contributed by atoms with E-state index in [1.165, 1.54) is 0 Å². The Balaban J connectivity index is 1.87. The maximum atomic E-state index is 11.8. The summed E-state index contributed by atoms with van der Waals surface area (Å²) in [7, 11) is 1.77. The van der Waals surface area contributed by atoms with Gasteiger partial charge in [-0.3, -0.25) is 9.48 Å². The van der Waals surface area contributed by atoms with E-state index in [0.29, 0.717) is 5.56 Å². The minimum atomic E-state index is -1.12. The minimum absolute atomic E-state index is 0.220. The minimum Gasteiger partial charge on any atom is -0.479 e. The number of carboxylic acid groups (broad SMARTS) is 1. The fourth-order valence-corrected chi connectivity index (χ4v) is 1.93. The molecule has 2 rings (SSSR count). The maximum Gasteiger partial charge on any atom is 0.330 e. The molecule has 1 amide bonds. The van der Waals surface area contributed by atoms with Gasteiger partial charge >= 0.3 is 5.97 Å². The smallest absolute Gasteiger partial charge is 0.330 e. The van der Waals surface area contributed by atoms with Crippen molar-refractivity contribution in [3.05, 3.63) is 53.9 Å². The number of carbonyl (C=O) groups is 2. The van der Waals surface area contributed by atoms with E-state index in [4.69, 9.17) is 4.74 Å². The molecule has 7 nitrogen and oxygen atoms in total. The standard InChI is InChI=1S/C15H17N3O4/c1-18-12(7-8-16-18)9-22-10-13(19)17-14(15(20)21)11-5-3-2-4-6-11/h2-8,14H,9-10H2,1H3,(H,17,19)(H,20,21)/t14-/m0/s1. The molecule has 0 aliphatic carbocycles. The van der Waals surface area contributed by atoms with E-state index in [1.807, 2.05) is 0 Å². The number of ether oxygens (including phenoxy) is 1. The normalized spacial score (nSPS) is 11.9. The Hall–Kier alpha value is -2.67. The number of hydrogen-bond donors (Lipinski definition) is 2. The molecule has 2 aromatic rings. The van der Waals surface area contributed by atoms with Gasteiger partial charge < -0.3 is 15.2 Å². The Morgan fingerprint density at radius 1 is 1.32 bits per heavy atom. The van der Waals surface area contributed by atoms with E-state index in [-0.39, 0.29) is 13.2 Å². The van der Waals surface area contributed by atoms with Crippen LogP contribution in [0.4, 0.5) is 0 Å². The molecular weight excluding hydrogens is 286 g/mol. The average Bonchev–Trinajstić information content (AvgIpc) is 2.91. The van der Waals surface area contributed by atoms with Crippen molar-refractivity contribution >= 4 is 11.9 Å². The molecule has 0 spiro atoms. The van der Waals surface area contributed by atoms with Gasteiger partial charge in [-0.15, -0.1) is 0 Å². The Morgan fingerprint density at radius 2 is 2.05 bits per heavy atom. The highest BCUT2D eigenvalue weighted by atomic mass is 16.5. The summed E-state index contributed by atoms with van der Waals surface area (Å²) < 4.78 is 6.91. The molecule has 0 unspecified atom stereocenters. The summed E-state index contributed by atoms with van der Waals surface area (Å²) in [5, 5.41) is 15.6. The molecular formula is C15H17N3O4. The Kier molecular flexibility index (Phi) is 5.26. The topological polar surface area (TPSA) is 93.5 Å². The van der Waals surface area contributed by atoms with E-state index in [0.717, 1.165) is 5.69 Å². The predicted octanol–water partition coefficient (Wildman–Crippen LogP) is 0.879. The fourth-order valence-electron chi connectivity index (χ4n) is 1.93. The van der Waals surface area contributed by atoms with Crippen molar-refractivity contribution in [1.29, 1.82) is 0 Å². The molecule has 0 saturated heterocycles. The maximum absolute atomic E-state index is 11.8. The molecule has 0 fully saturated rings. The number of nitrogens with one attached hydrogen (secondary N) is 1. The van der Waals surface area contributed by atoms with Crippen molar-refractivity contribution in [2.45, 2.75) is 12.6 Å². The Labute approximate surface area is 127 Å². The highest BCUT2D eigenvalue weighted by Crippen LogP contribution is 2.12. The number of benzene rings is 1. The van der Waals surface area contributed by atoms with Gasteiger partial charge in [-0.25, -0.2) is 4.79 Å². The van der Waals surface area contributed by atoms with Gasteiger partial charge in [0, 0.05) is 13.2 Å². The lowest BCUT2D eigenvalue weighted by atomic mass is 10.1. The zero-order valence-corrected chi connectivity index (χ0v) is 12.1. The van der Waals surface area contributed by atoms with Crippen molar-refractivity contribution in [3.8, 4) is 0 Å². The first-order valence-electron chi connectivity index (χ1n) is 6.69. The van der Waals surface area contributed by atoms with Gasteiger partial charge in [0.05, 0.1) is 12.3 Å². The zero-order valence-electron chi connectivity index (χ0n) is 12.1. The molecule has 7 heteroatoms. The molecule has 1 heterocycles. The summed E-state index contributed by atoms with van der Waals surface area (Å²) in [5.74, 6) is -1.61. The van der Waals surface area contributed by atoms with Crippen molar-refractivity contribution in [2.75, 3.05) is 6.61 Å². The van der Waals surface area contributed by atoms with Crippen molar-refractivity contribution in [3.63, 3.8) is 0 Å². The monoisotopic (exact) mass is 303 g/mol. The van der Waals surface area contributed by atoms with Gasteiger partial charge in [0.1, 0.15) is 6.61 Å². The Morgan fingerprint density at radius 3 is 2.64 bits per heavy atom. The van der Waals surface area contributed by atoms with E-state index >= 15 is 0 Å². The third kappa shape index (κ3) is 4.16. The Bertz CT molecular complexity index is 639. The van der Waals surface area contributed by atoms with Crippen molar-refractivity contribution in [1.82, 2.24) is 15.1 Å². The highest BCUT2D eigenvalue weighted by Gasteiger charge is 2.21. The molecule has 2 N–H and O–H groups in total. The summed E-state index contributed by atoms with van der Waals surface area (Å²) in [4.78, 5) is 23.1. The fraction of sp³-hybridized carbons (Fsp3) is 0.267. The molecule has 116 valence electrons. The van der Waals surface area contributed by atoms with Crippen LogP contribution in [0.15, 0.2) is 42.6 Å². The molecule has 0 saturated carbocycles. The highest BCUT2D eigenvalue weighted by molar-refractivity contribution is 5.85. The van der Waals surface area contributed by atoms with Gasteiger partial charge in [0.15, 0.2) is 6.04 Å². The predicted molar refractivity (Wildman–Crippen MR) is 77.8 cm³/mol. The first kappa shape index (κ1) is 15.7. The summed E-state index contributed by atoms with van der Waals surface area (Å²) in [6.07, 6.45) is 1.63. The molecule has 1 aromatic heterocycles. The van der Waals surface area contributed by atoms with E-state index in [2.05, 4.69) is 10.4 Å². The molecule has 0 aliphatic heterocycles. The van der Waals surface area contributed by atoms with Crippen LogP contribution in [0.3, 0.4) is 0 Å². The lowest BCUT2D eigenvalue weighted by Crippen LogP contribution is -2.36. The second kappa shape index (κ2) is 7.37. The number of carboxylic acids is 1. The third-order valence-electron chi connectivity index (χ3n) is 3.09. The first-order chi connectivity index (χ1) is 10.6. The quantitative estimate of drug-likeness (QED) is 0.792. The van der Waals surface area contributed by atoms with Gasteiger partial charge in [0.2, 0.25) is 5.91 Å². The number of amides is 1. The lowest BCUT2D eigenvalue weighted by Gasteiger charge is -2.15. The summed E-state index contributed by atoms with van der Waals surface area (Å²) in [6, 6.07) is 9.20. The SMILES string of the molecule is Cn1nccc1COCC(=O)N[C@H](C(=O)O)c1ccccc1. The molecule has 22 heavy (non-hydrogen) atoms. The number of rotatable bonds is 7. The number of carbonyl (C=O) groups excluding carboxylic acids is 1. The largest absolute Gasteiger partial charge is 0.479 e. The van der Waals surface area contributed by atoms with Crippen LogP contribution in [0.1, 0.15) is 17.3 Å². The van der Waals surface area contributed by atoms with E-state index in [9.17, 15) is 14.7 Å². The number of hydrogen-bond acceptors (Lipinski definition) is 4. The second-order valence-corrected chi connectivity index (χ2v) is 4.69. The first-order valence-corrected chi connectivity index (χ1v) is 6.69. The molecule has 1 atom stereocenters. The van der Waals surface area contributed by atoms with Crippen molar-refractivity contribution < 1.29 is 19.4 Å². The molecule has 0 radical (unpaired) electrons. The number of aromatic nitrogens is 2. The van der Waals surface area contributed by atoms with Gasteiger partial charge in [-0.1, -0.05) is 30.3 Å². The summed E-state index contributed by atoms with van der Waals surface area (Å²) in [6.45, 7) is 0.00872. The van der Waals surface area contributed by atoms with Crippen molar-refractivity contribution in [2.24, 2.45) is 7.05 Å². The van der Waals surface area contributed by atoms with Crippen LogP contribution in [0, 0.1) is 0 Å². The molecule has 0 bridgehead atoms. The van der Waals surface area contributed by atoms with Gasteiger partial charge in [-0.05, 0) is 11.6 Å². The van der Waals surface area contributed by atoms with Crippen LogP contribution in [-0.4, -0.2) is 33.4 Å². The van der Waals surface area contributed by atoms with E-state index in [1.54, 1.807) is 54.3 Å². The second-order valence-electron chi connectivity index (χ2n) is 4.69. The van der Waals surface area contributed by atoms with Crippen LogP contribution in [-0.2, 0) is 28.0 Å². The van der Waals surface area contributed by atoms with Crippen LogP contribution in [0.5, 0.6) is 0 Å². The lowest BCUT2D eigenvalue weighted by molar-refractivity contribution is -0.142. The molecule has 1 aromatic carbocycles. The number of aryl methyl sites for hydroxylation is 1. The number of aliphatic carboxylic acids is 1. The summed E-state index contributed by atoms with van der Waals surface area (Å²) in [5.41, 5.74) is 1.33. The van der Waals surface area contributed by atoms with Gasteiger partial charge in [-0.2, -0.15) is 5.10 Å². The van der Waals surface area contributed by atoms with Crippen LogP contribution in [0.25, 0.3) is 0 Å². The third-order valence-corrected chi connectivity index (χ3v) is 3.09. The zero-order chi connectivity index (χ0) is 15.9. The van der Waals surface area contributed by atoms with Crippen LogP contribution in [0.2, 0.25) is 0 Å². The molecule has 0 aliphatic rings.